The van der Waals surface area contributed by atoms with Crippen molar-refractivity contribution in [1.29, 1.82) is 0 Å². The second-order valence-electron chi connectivity index (χ2n) is 5.86. The van der Waals surface area contributed by atoms with E-state index < -0.39 is 0 Å². The number of nitrogens with zero attached hydrogens (tertiary/aromatic N) is 3. The van der Waals surface area contributed by atoms with E-state index in [0.717, 1.165) is 16.9 Å². The van der Waals surface area contributed by atoms with Gasteiger partial charge in [-0.3, -0.25) is 4.79 Å². The molecule has 6 nitrogen and oxygen atoms in total. The van der Waals surface area contributed by atoms with Crippen molar-refractivity contribution in [2.45, 2.75) is 12.8 Å². The van der Waals surface area contributed by atoms with Gasteiger partial charge in [0.1, 0.15) is 0 Å². The molecule has 0 fully saturated rings. The Hall–Kier alpha value is -3.15. The number of aryl methyl sites for hydroxylation is 1. The van der Waals surface area contributed by atoms with Gasteiger partial charge in [-0.25, -0.2) is 0 Å². The number of rotatable bonds is 6. The fourth-order valence-corrected chi connectivity index (χ4v) is 2.34. The number of benzene rings is 2. The molecule has 0 aliphatic heterocycles. The molecule has 0 spiro atoms. The lowest BCUT2D eigenvalue weighted by atomic mass is 10.2. The summed E-state index contributed by atoms with van der Waals surface area (Å²) in [6.07, 6.45) is 0.688. The first-order valence-electron chi connectivity index (χ1n) is 8.07. The number of hydrogen-bond acceptors (Lipinski definition) is 5. The molecular weight excluding hydrogens is 316 g/mol. The zero-order chi connectivity index (χ0) is 17.6. The Morgan fingerprint density at radius 2 is 1.76 bits per heavy atom. The fourth-order valence-electron chi connectivity index (χ4n) is 2.34. The number of amides is 1. The largest absolute Gasteiger partial charge is 0.421 e. The molecule has 0 saturated carbocycles. The lowest BCUT2D eigenvalue weighted by Crippen LogP contribution is -2.13. The first-order chi connectivity index (χ1) is 12.1. The SMILES string of the molecule is CN(C)c1ccc(NC(=O)CCc2nnc(-c3ccccc3)o2)cc1. The third-order valence-electron chi connectivity index (χ3n) is 3.72. The monoisotopic (exact) mass is 336 g/mol. The highest BCUT2D eigenvalue weighted by Gasteiger charge is 2.10. The molecule has 0 aliphatic rings. The van der Waals surface area contributed by atoms with Crippen molar-refractivity contribution < 1.29 is 9.21 Å². The molecule has 25 heavy (non-hydrogen) atoms. The lowest BCUT2D eigenvalue weighted by molar-refractivity contribution is -0.116. The van der Waals surface area contributed by atoms with Crippen LogP contribution in [0, 0.1) is 0 Å². The van der Waals surface area contributed by atoms with Crippen molar-refractivity contribution in [3.8, 4) is 11.5 Å². The van der Waals surface area contributed by atoms with E-state index in [0.29, 0.717) is 18.2 Å². The minimum atomic E-state index is -0.0861. The van der Waals surface area contributed by atoms with Crippen LogP contribution in [0.25, 0.3) is 11.5 Å². The van der Waals surface area contributed by atoms with Crippen molar-refractivity contribution in [1.82, 2.24) is 10.2 Å². The quantitative estimate of drug-likeness (QED) is 0.747. The van der Waals surface area contributed by atoms with Crippen molar-refractivity contribution >= 4 is 17.3 Å². The van der Waals surface area contributed by atoms with E-state index >= 15 is 0 Å². The van der Waals surface area contributed by atoms with Crippen LogP contribution in [0.3, 0.4) is 0 Å². The third-order valence-corrected chi connectivity index (χ3v) is 3.72. The molecule has 0 radical (unpaired) electrons. The van der Waals surface area contributed by atoms with Crippen molar-refractivity contribution in [3.05, 3.63) is 60.5 Å². The molecule has 0 aliphatic carbocycles. The number of hydrogen-bond donors (Lipinski definition) is 1. The van der Waals surface area contributed by atoms with Crippen LogP contribution in [0.4, 0.5) is 11.4 Å². The number of carbonyl (C=O) groups excluding carboxylic acids is 1. The second-order valence-corrected chi connectivity index (χ2v) is 5.86. The van der Waals surface area contributed by atoms with Crippen molar-refractivity contribution in [2.75, 3.05) is 24.3 Å². The van der Waals surface area contributed by atoms with E-state index in [2.05, 4.69) is 15.5 Å². The summed E-state index contributed by atoms with van der Waals surface area (Å²) >= 11 is 0. The van der Waals surface area contributed by atoms with Crippen LogP contribution in [0.2, 0.25) is 0 Å². The zero-order valence-electron chi connectivity index (χ0n) is 14.3. The van der Waals surface area contributed by atoms with E-state index in [9.17, 15) is 4.79 Å². The average molecular weight is 336 g/mol. The summed E-state index contributed by atoms with van der Waals surface area (Å²) in [6.45, 7) is 0. The summed E-state index contributed by atoms with van der Waals surface area (Å²) in [7, 11) is 3.95. The van der Waals surface area contributed by atoms with Gasteiger partial charge in [-0.2, -0.15) is 0 Å². The number of anilines is 2. The van der Waals surface area contributed by atoms with Gasteiger partial charge in [0.25, 0.3) is 0 Å². The van der Waals surface area contributed by atoms with Gasteiger partial charge in [0.15, 0.2) is 0 Å². The molecule has 0 atom stereocenters. The summed E-state index contributed by atoms with van der Waals surface area (Å²) in [5.41, 5.74) is 2.72. The van der Waals surface area contributed by atoms with E-state index in [1.165, 1.54) is 0 Å². The maximum Gasteiger partial charge on any atom is 0.247 e. The van der Waals surface area contributed by atoms with Gasteiger partial charge >= 0.3 is 0 Å². The molecular formula is C19H20N4O2. The standard InChI is InChI=1S/C19H20N4O2/c1-23(2)16-10-8-15(9-11-16)20-17(24)12-13-18-21-22-19(25-18)14-6-4-3-5-7-14/h3-11H,12-13H2,1-2H3,(H,20,24). The molecule has 1 amide bonds. The summed E-state index contributed by atoms with van der Waals surface area (Å²) < 4.78 is 5.60. The number of carbonyl (C=O) groups is 1. The average Bonchev–Trinajstić information content (AvgIpc) is 3.10. The summed E-state index contributed by atoms with van der Waals surface area (Å²) in [5, 5.41) is 10.9. The van der Waals surface area contributed by atoms with E-state index in [4.69, 9.17) is 4.42 Å². The van der Waals surface area contributed by atoms with Gasteiger partial charge < -0.3 is 14.6 Å². The Labute approximate surface area is 146 Å². The highest BCUT2D eigenvalue weighted by Crippen LogP contribution is 2.18. The van der Waals surface area contributed by atoms with E-state index in [-0.39, 0.29) is 12.3 Å². The van der Waals surface area contributed by atoms with Crippen LogP contribution in [-0.2, 0) is 11.2 Å². The zero-order valence-corrected chi connectivity index (χ0v) is 14.3. The number of nitrogens with one attached hydrogen (secondary N) is 1. The molecule has 3 aromatic rings. The van der Waals surface area contributed by atoms with Crippen molar-refractivity contribution in [3.63, 3.8) is 0 Å². The maximum atomic E-state index is 12.1. The topological polar surface area (TPSA) is 71.3 Å². The normalized spacial score (nSPS) is 10.5. The molecule has 1 heterocycles. The smallest absolute Gasteiger partial charge is 0.247 e. The van der Waals surface area contributed by atoms with Crippen LogP contribution in [0.5, 0.6) is 0 Å². The third kappa shape index (κ3) is 4.44. The van der Waals surface area contributed by atoms with Crippen LogP contribution in [-0.4, -0.2) is 30.2 Å². The van der Waals surface area contributed by atoms with Crippen LogP contribution in [0.15, 0.2) is 59.0 Å². The lowest BCUT2D eigenvalue weighted by Gasteiger charge is -2.12. The minimum Gasteiger partial charge on any atom is -0.421 e. The van der Waals surface area contributed by atoms with Crippen molar-refractivity contribution in [2.24, 2.45) is 0 Å². The van der Waals surface area contributed by atoms with E-state index in [1.807, 2.05) is 73.6 Å². The molecule has 2 aromatic carbocycles. The molecule has 6 heteroatoms. The summed E-state index contributed by atoms with van der Waals surface area (Å²) in [4.78, 5) is 14.1. The molecule has 1 aromatic heterocycles. The number of aromatic nitrogens is 2. The molecule has 1 N–H and O–H groups in total. The Kier molecular flexibility index (Phi) is 5.09. The predicted octanol–water partition coefficient (Wildman–Crippen LogP) is 3.37. The Bertz CT molecular complexity index is 826. The predicted molar refractivity (Wildman–Crippen MR) is 97.5 cm³/mol. The maximum absolute atomic E-state index is 12.1. The van der Waals surface area contributed by atoms with Gasteiger partial charge in [0.2, 0.25) is 17.7 Å². The van der Waals surface area contributed by atoms with Gasteiger partial charge in [-0.1, -0.05) is 18.2 Å². The van der Waals surface area contributed by atoms with Crippen LogP contribution < -0.4 is 10.2 Å². The van der Waals surface area contributed by atoms with Crippen LogP contribution >= 0.6 is 0 Å². The second kappa shape index (κ2) is 7.61. The summed E-state index contributed by atoms with van der Waals surface area (Å²) in [6, 6.07) is 17.2. The van der Waals surface area contributed by atoms with E-state index in [1.54, 1.807) is 0 Å². The van der Waals surface area contributed by atoms with Gasteiger partial charge in [0, 0.05) is 43.9 Å². The highest BCUT2D eigenvalue weighted by atomic mass is 16.4. The van der Waals surface area contributed by atoms with Gasteiger partial charge in [0.05, 0.1) is 0 Å². The molecule has 0 bridgehead atoms. The Morgan fingerprint density at radius 1 is 1.04 bits per heavy atom. The first-order valence-corrected chi connectivity index (χ1v) is 8.07. The Balaban J connectivity index is 1.53. The minimum absolute atomic E-state index is 0.0861. The fraction of sp³-hybridized carbons (Fsp3) is 0.211. The Morgan fingerprint density at radius 3 is 2.44 bits per heavy atom. The first kappa shape index (κ1) is 16.7. The van der Waals surface area contributed by atoms with Gasteiger partial charge in [-0.15, -0.1) is 10.2 Å². The van der Waals surface area contributed by atoms with Crippen LogP contribution in [0.1, 0.15) is 12.3 Å². The molecule has 0 saturated heterocycles. The molecule has 0 unspecified atom stereocenters. The highest BCUT2D eigenvalue weighted by molar-refractivity contribution is 5.90. The van der Waals surface area contributed by atoms with Gasteiger partial charge in [-0.05, 0) is 36.4 Å². The molecule has 3 rings (SSSR count). The molecule has 128 valence electrons. The summed E-state index contributed by atoms with van der Waals surface area (Å²) in [5.74, 6) is 0.837.